The average Bonchev–Trinajstić information content (AvgIpc) is 2.84. The molecule has 98 valence electrons. The highest BCUT2D eigenvalue weighted by molar-refractivity contribution is 5.99. The largest absolute Gasteiger partial charge is 0.460 e. The predicted molar refractivity (Wildman–Crippen MR) is 64.7 cm³/mol. The second-order valence-electron chi connectivity index (χ2n) is 6.07. The van der Waals surface area contributed by atoms with E-state index in [-0.39, 0.29) is 11.9 Å². The Morgan fingerprint density at radius 3 is 2.89 bits per heavy atom. The zero-order chi connectivity index (χ0) is 13.4. The molecule has 1 spiro atoms. The Hall–Kier alpha value is -1.57. The van der Waals surface area contributed by atoms with Crippen molar-refractivity contribution in [2.75, 3.05) is 0 Å². The average molecular weight is 250 g/mol. The molecule has 2 atom stereocenters. The van der Waals surface area contributed by atoms with Gasteiger partial charge >= 0.3 is 5.97 Å². The van der Waals surface area contributed by atoms with E-state index in [0.29, 0.717) is 18.6 Å². The minimum Gasteiger partial charge on any atom is -0.460 e. The number of hydrogen-bond acceptors (Lipinski definition) is 5. The van der Waals surface area contributed by atoms with Crippen LogP contribution in [0.4, 0.5) is 0 Å². The highest BCUT2D eigenvalue weighted by atomic mass is 16.7. The molecular formula is C13H18N2O3. The summed E-state index contributed by atoms with van der Waals surface area (Å²) in [5, 5.41) is 12.5. The van der Waals surface area contributed by atoms with Gasteiger partial charge in [-0.25, -0.2) is 0 Å². The van der Waals surface area contributed by atoms with Gasteiger partial charge < -0.3 is 9.57 Å². The van der Waals surface area contributed by atoms with E-state index in [1.165, 1.54) is 0 Å². The molecule has 1 heterocycles. The summed E-state index contributed by atoms with van der Waals surface area (Å²) < 4.78 is 5.38. The lowest BCUT2D eigenvalue weighted by atomic mass is 9.94. The topological polar surface area (TPSA) is 71.7 Å². The number of oxime groups is 1. The molecule has 2 rings (SSSR count). The molecule has 5 heteroatoms. The van der Waals surface area contributed by atoms with Crippen LogP contribution in [0.5, 0.6) is 0 Å². The van der Waals surface area contributed by atoms with Crippen molar-refractivity contribution in [1.29, 1.82) is 5.26 Å². The van der Waals surface area contributed by atoms with Crippen LogP contribution < -0.4 is 0 Å². The maximum atomic E-state index is 12.0. The van der Waals surface area contributed by atoms with E-state index in [1.807, 2.05) is 26.8 Å². The zero-order valence-electron chi connectivity index (χ0n) is 11.0. The lowest BCUT2D eigenvalue weighted by Crippen LogP contribution is -2.30. The van der Waals surface area contributed by atoms with Gasteiger partial charge in [-0.1, -0.05) is 5.16 Å². The second kappa shape index (κ2) is 4.27. The minimum atomic E-state index is -0.461. The van der Waals surface area contributed by atoms with Gasteiger partial charge in [0.05, 0.1) is 5.92 Å². The lowest BCUT2D eigenvalue weighted by Gasteiger charge is -2.23. The van der Waals surface area contributed by atoms with E-state index >= 15 is 0 Å². The van der Waals surface area contributed by atoms with Crippen LogP contribution in [-0.4, -0.2) is 22.9 Å². The summed E-state index contributed by atoms with van der Waals surface area (Å²) in [4.78, 5) is 17.3. The van der Waals surface area contributed by atoms with Gasteiger partial charge in [-0.15, -0.1) is 0 Å². The van der Waals surface area contributed by atoms with Crippen LogP contribution >= 0.6 is 0 Å². The van der Waals surface area contributed by atoms with Crippen LogP contribution in [0.15, 0.2) is 5.16 Å². The SMILES string of the molecule is CC(C)(C)OC(=O)C1CCC2(CC(C#N)=NO2)C1. The molecule has 1 aliphatic heterocycles. The van der Waals surface area contributed by atoms with Crippen LogP contribution in [0.2, 0.25) is 0 Å². The number of ether oxygens (including phenoxy) is 1. The molecule has 0 radical (unpaired) electrons. The van der Waals surface area contributed by atoms with Gasteiger partial charge in [-0.05, 0) is 33.6 Å². The lowest BCUT2D eigenvalue weighted by molar-refractivity contribution is -0.160. The molecule has 0 aromatic rings. The van der Waals surface area contributed by atoms with Crippen molar-refractivity contribution in [1.82, 2.24) is 0 Å². The number of nitrogens with zero attached hydrogens (tertiary/aromatic N) is 2. The smallest absolute Gasteiger partial charge is 0.309 e. The van der Waals surface area contributed by atoms with E-state index in [1.54, 1.807) is 0 Å². The van der Waals surface area contributed by atoms with Crippen LogP contribution in [0.25, 0.3) is 0 Å². The highest BCUT2D eigenvalue weighted by Crippen LogP contribution is 2.43. The van der Waals surface area contributed by atoms with Crippen molar-refractivity contribution in [3.8, 4) is 6.07 Å². The summed E-state index contributed by atoms with van der Waals surface area (Å²) in [6.45, 7) is 5.58. The molecule has 0 saturated heterocycles. The van der Waals surface area contributed by atoms with E-state index in [4.69, 9.17) is 14.8 Å². The number of rotatable bonds is 1. The first-order chi connectivity index (χ1) is 8.34. The molecule has 0 amide bonds. The van der Waals surface area contributed by atoms with Gasteiger partial charge in [0, 0.05) is 12.8 Å². The first kappa shape index (κ1) is 12.9. The number of hydrogen-bond donors (Lipinski definition) is 0. The van der Waals surface area contributed by atoms with Crippen LogP contribution in [-0.2, 0) is 14.4 Å². The monoisotopic (exact) mass is 250 g/mol. The molecule has 1 saturated carbocycles. The Labute approximate surface area is 107 Å². The van der Waals surface area contributed by atoms with E-state index in [9.17, 15) is 4.79 Å². The highest BCUT2D eigenvalue weighted by Gasteiger charge is 2.48. The molecule has 2 unspecified atom stereocenters. The number of esters is 1. The molecule has 0 aromatic heterocycles. The van der Waals surface area contributed by atoms with Gasteiger partial charge in [-0.3, -0.25) is 4.79 Å². The summed E-state index contributed by atoms with van der Waals surface area (Å²) in [5.74, 6) is -0.314. The molecule has 1 fully saturated rings. The quantitative estimate of drug-likeness (QED) is 0.668. The molecule has 18 heavy (non-hydrogen) atoms. The Bertz CT molecular complexity index is 430. The van der Waals surface area contributed by atoms with Crippen molar-refractivity contribution >= 4 is 11.7 Å². The van der Waals surface area contributed by atoms with Crippen molar-refractivity contribution in [3.05, 3.63) is 0 Å². The Balaban J connectivity index is 1.94. The van der Waals surface area contributed by atoms with E-state index < -0.39 is 11.2 Å². The molecule has 5 nitrogen and oxygen atoms in total. The van der Waals surface area contributed by atoms with Crippen molar-refractivity contribution in [3.63, 3.8) is 0 Å². The van der Waals surface area contributed by atoms with Crippen molar-refractivity contribution in [2.24, 2.45) is 11.1 Å². The third kappa shape index (κ3) is 2.63. The Kier molecular flexibility index (Phi) is 3.05. The summed E-state index contributed by atoms with van der Waals surface area (Å²) in [6.07, 6.45) is 2.61. The molecule has 0 N–H and O–H groups in total. The first-order valence-electron chi connectivity index (χ1n) is 6.22. The molecule has 2 aliphatic rings. The van der Waals surface area contributed by atoms with Gasteiger partial charge in [-0.2, -0.15) is 5.26 Å². The fourth-order valence-corrected chi connectivity index (χ4v) is 2.50. The van der Waals surface area contributed by atoms with Gasteiger partial charge in [0.2, 0.25) is 0 Å². The number of carbonyl (C=O) groups is 1. The number of nitriles is 1. The zero-order valence-corrected chi connectivity index (χ0v) is 11.0. The normalized spacial score (nSPS) is 30.8. The third-order valence-corrected chi connectivity index (χ3v) is 3.28. The van der Waals surface area contributed by atoms with Gasteiger partial charge in [0.1, 0.15) is 17.3 Å². The van der Waals surface area contributed by atoms with Crippen LogP contribution in [0.3, 0.4) is 0 Å². The fraction of sp³-hybridized carbons (Fsp3) is 0.769. The van der Waals surface area contributed by atoms with Crippen LogP contribution in [0, 0.1) is 17.2 Å². The van der Waals surface area contributed by atoms with Gasteiger partial charge in [0.25, 0.3) is 0 Å². The Morgan fingerprint density at radius 1 is 1.61 bits per heavy atom. The third-order valence-electron chi connectivity index (χ3n) is 3.28. The van der Waals surface area contributed by atoms with Crippen LogP contribution in [0.1, 0.15) is 46.5 Å². The maximum Gasteiger partial charge on any atom is 0.309 e. The van der Waals surface area contributed by atoms with E-state index in [2.05, 4.69) is 5.16 Å². The summed E-state index contributed by atoms with van der Waals surface area (Å²) in [5.41, 5.74) is -0.482. The van der Waals surface area contributed by atoms with Crippen molar-refractivity contribution in [2.45, 2.75) is 57.7 Å². The summed E-state index contributed by atoms with van der Waals surface area (Å²) in [6, 6.07) is 2.01. The second-order valence-corrected chi connectivity index (χ2v) is 6.07. The maximum absolute atomic E-state index is 12.0. The summed E-state index contributed by atoms with van der Waals surface area (Å²) >= 11 is 0. The summed E-state index contributed by atoms with van der Waals surface area (Å²) in [7, 11) is 0. The molecular weight excluding hydrogens is 232 g/mol. The molecule has 0 aromatic carbocycles. The molecule has 0 bridgehead atoms. The first-order valence-corrected chi connectivity index (χ1v) is 6.22. The van der Waals surface area contributed by atoms with Crippen molar-refractivity contribution < 1.29 is 14.4 Å². The number of carbonyl (C=O) groups excluding carboxylic acids is 1. The Morgan fingerprint density at radius 2 is 2.33 bits per heavy atom. The molecule has 1 aliphatic carbocycles. The minimum absolute atomic E-state index is 0.141. The van der Waals surface area contributed by atoms with Gasteiger partial charge in [0.15, 0.2) is 5.71 Å². The van der Waals surface area contributed by atoms with E-state index in [0.717, 1.165) is 12.8 Å². The predicted octanol–water partition coefficient (Wildman–Crippen LogP) is 2.17. The fourth-order valence-electron chi connectivity index (χ4n) is 2.50. The standard InChI is InChI=1S/C13H18N2O3/c1-12(2,3)17-11(16)9-4-5-13(6-9)7-10(8-14)15-18-13/h9H,4-7H2,1-3H3.